The van der Waals surface area contributed by atoms with Crippen molar-refractivity contribution in [2.45, 2.75) is 51.2 Å². The molecule has 21 heavy (non-hydrogen) atoms. The summed E-state index contributed by atoms with van der Waals surface area (Å²) in [6, 6.07) is 1.38. The summed E-state index contributed by atoms with van der Waals surface area (Å²) in [5.74, 6) is 1.81. The van der Waals surface area contributed by atoms with Crippen LogP contribution < -0.4 is 5.32 Å². The first-order valence-electron chi connectivity index (χ1n) is 8.29. The van der Waals surface area contributed by atoms with Crippen LogP contribution in [0.15, 0.2) is 0 Å². The first-order chi connectivity index (χ1) is 10.1. The molecule has 0 aromatic carbocycles. The molecule has 1 aromatic heterocycles. The molecule has 0 bridgehead atoms. The molecule has 4 rings (SSSR count). The normalized spacial score (nSPS) is 30.8. The van der Waals surface area contributed by atoms with Gasteiger partial charge in [0, 0.05) is 44.3 Å². The Kier molecular flexibility index (Phi) is 3.51. The highest BCUT2D eigenvalue weighted by atomic mass is 35.5. The van der Waals surface area contributed by atoms with Gasteiger partial charge in [0.05, 0.1) is 5.69 Å². The minimum atomic E-state index is 0.690. The summed E-state index contributed by atoms with van der Waals surface area (Å²) < 4.78 is 1.80. The fourth-order valence-electron chi connectivity index (χ4n) is 3.85. The van der Waals surface area contributed by atoms with E-state index in [2.05, 4.69) is 22.2 Å². The van der Waals surface area contributed by atoms with E-state index in [4.69, 9.17) is 11.6 Å². The van der Waals surface area contributed by atoms with Crippen LogP contribution in [0.25, 0.3) is 0 Å². The second kappa shape index (κ2) is 5.25. The zero-order valence-electron chi connectivity index (χ0n) is 13.0. The number of nitrogens with one attached hydrogen (secondary N) is 1. The van der Waals surface area contributed by atoms with Gasteiger partial charge in [0.1, 0.15) is 5.15 Å². The third-order valence-corrected chi connectivity index (χ3v) is 5.95. The average molecular weight is 309 g/mol. The Morgan fingerprint density at radius 2 is 1.95 bits per heavy atom. The highest BCUT2D eigenvalue weighted by Crippen LogP contribution is 2.40. The standard InChI is InChI=1S/C16H25ClN4/c1-10-13(16(17)20(2)19-10)8-21-9-14(11-3-4-11)18-7-15(21)12-5-6-12/h11-12,14-15,18H,3-9H2,1-2H3. The molecule has 2 saturated carbocycles. The summed E-state index contributed by atoms with van der Waals surface area (Å²) in [5.41, 5.74) is 2.31. The molecule has 4 nitrogen and oxygen atoms in total. The number of rotatable bonds is 4. The summed E-state index contributed by atoms with van der Waals surface area (Å²) in [7, 11) is 1.93. The van der Waals surface area contributed by atoms with E-state index in [0.717, 1.165) is 35.8 Å². The molecule has 2 unspecified atom stereocenters. The zero-order chi connectivity index (χ0) is 14.6. The molecule has 3 aliphatic rings. The monoisotopic (exact) mass is 308 g/mol. The molecule has 1 N–H and O–H groups in total. The van der Waals surface area contributed by atoms with Crippen LogP contribution in [0, 0.1) is 18.8 Å². The van der Waals surface area contributed by atoms with Gasteiger partial charge in [0.15, 0.2) is 0 Å². The van der Waals surface area contributed by atoms with Crippen molar-refractivity contribution < 1.29 is 0 Å². The van der Waals surface area contributed by atoms with Gasteiger partial charge in [-0.2, -0.15) is 5.10 Å². The molecule has 2 atom stereocenters. The molecular weight excluding hydrogens is 284 g/mol. The zero-order valence-corrected chi connectivity index (χ0v) is 13.7. The summed E-state index contributed by atoms with van der Waals surface area (Å²) in [5, 5.41) is 9.09. The highest BCUT2D eigenvalue weighted by molar-refractivity contribution is 6.30. The molecule has 5 heteroatoms. The maximum absolute atomic E-state index is 6.45. The lowest BCUT2D eigenvalue weighted by Crippen LogP contribution is -2.57. The van der Waals surface area contributed by atoms with Crippen LogP contribution in [-0.2, 0) is 13.6 Å². The van der Waals surface area contributed by atoms with Crippen LogP contribution in [-0.4, -0.2) is 39.9 Å². The molecule has 1 saturated heterocycles. The number of halogens is 1. The van der Waals surface area contributed by atoms with Crippen LogP contribution in [0.1, 0.15) is 36.9 Å². The lowest BCUT2D eigenvalue weighted by atomic mass is 10.0. The Labute approximate surface area is 131 Å². The van der Waals surface area contributed by atoms with Crippen molar-refractivity contribution in [3.8, 4) is 0 Å². The number of nitrogens with zero attached hydrogens (tertiary/aromatic N) is 3. The van der Waals surface area contributed by atoms with Gasteiger partial charge < -0.3 is 5.32 Å². The van der Waals surface area contributed by atoms with Gasteiger partial charge in [-0.15, -0.1) is 0 Å². The third-order valence-electron chi connectivity index (χ3n) is 5.48. The van der Waals surface area contributed by atoms with E-state index < -0.39 is 0 Å². The summed E-state index contributed by atoms with van der Waals surface area (Å²) in [4.78, 5) is 2.69. The van der Waals surface area contributed by atoms with Crippen molar-refractivity contribution in [3.05, 3.63) is 16.4 Å². The van der Waals surface area contributed by atoms with Gasteiger partial charge >= 0.3 is 0 Å². The van der Waals surface area contributed by atoms with Crippen molar-refractivity contribution in [2.24, 2.45) is 18.9 Å². The molecule has 116 valence electrons. The topological polar surface area (TPSA) is 33.1 Å². The lowest BCUT2D eigenvalue weighted by molar-refractivity contribution is 0.100. The van der Waals surface area contributed by atoms with Gasteiger partial charge in [-0.3, -0.25) is 9.58 Å². The van der Waals surface area contributed by atoms with Gasteiger partial charge in [-0.05, 0) is 44.4 Å². The van der Waals surface area contributed by atoms with E-state index in [9.17, 15) is 0 Å². The Balaban J connectivity index is 1.53. The van der Waals surface area contributed by atoms with Gasteiger partial charge in [0.2, 0.25) is 0 Å². The van der Waals surface area contributed by atoms with Gasteiger partial charge in [-0.1, -0.05) is 11.6 Å². The van der Waals surface area contributed by atoms with Crippen LogP contribution in [0.3, 0.4) is 0 Å². The second-order valence-corrected chi connectivity index (χ2v) is 7.52. The van der Waals surface area contributed by atoms with Gasteiger partial charge in [0.25, 0.3) is 0 Å². The summed E-state index contributed by atoms with van der Waals surface area (Å²) in [6.45, 7) is 5.37. The summed E-state index contributed by atoms with van der Waals surface area (Å²) in [6.07, 6.45) is 5.62. The van der Waals surface area contributed by atoms with E-state index in [1.54, 1.807) is 4.68 Å². The molecule has 1 aliphatic heterocycles. The number of aryl methyl sites for hydroxylation is 2. The first kappa shape index (κ1) is 14.0. The smallest absolute Gasteiger partial charge is 0.131 e. The fraction of sp³-hybridized carbons (Fsp3) is 0.812. The first-order valence-corrected chi connectivity index (χ1v) is 8.66. The highest BCUT2D eigenvalue weighted by Gasteiger charge is 2.42. The number of hydrogen-bond donors (Lipinski definition) is 1. The van der Waals surface area contributed by atoms with Crippen molar-refractivity contribution in [3.63, 3.8) is 0 Å². The minimum Gasteiger partial charge on any atom is -0.311 e. The van der Waals surface area contributed by atoms with Crippen LogP contribution in [0.4, 0.5) is 0 Å². The molecule has 2 heterocycles. The SMILES string of the molecule is Cc1nn(C)c(Cl)c1CN1CC(C2CC2)NCC1C1CC1. The maximum atomic E-state index is 6.45. The Bertz CT molecular complexity index is 533. The van der Waals surface area contributed by atoms with E-state index in [0.29, 0.717) is 12.1 Å². The van der Waals surface area contributed by atoms with Crippen LogP contribution in [0.5, 0.6) is 0 Å². The van der Waals surface area contributed by atoms with Crippen molar-refractivity contribution in [1.82, 2.24) is 20.0 Å². The largest absolute Gasteiger partial charge is 0.311 e. The molecule has 2 aliphatic carbocycles. The summed E-state index contributed by atoms with van der Waals surface area (Å²) >= 11 is 6.45. The minimum absolute atomic E-state index is 0.690. The number of hydrogen-bond acceptors (Lipinski definition) is 3. The molecule has 3 fully saturated rings. The quantitative estimate of drug-likeness (QED) is 0.927. The number of aromatic nitrogens is 2. The van der Waals surface area contributed by atoms with Crippen molar-refractivity contribution in [2.75, 3.05) is 13.1 Å². The Morgan fingerprint density at radius 3 is 2.52 bits per heavy atom. The fourth-order valence-corrected chi connectivity index (χ4v) is 4.09. The third kappa shape index (κ3) is 2.73. The molecule has 0 radical (unpaired) electrons. The molecule has 0 amide bonds. The maximum Gasteiger partial charge on any atom is 0.131 e. The molecule has 1 aromatic rings. The lowest BCUT2D eigenvalue weighted by Gasteiger charge is -2.41. The van der Waals surface area contributed by atoms with E-state index in [-0.39, 0.29) is 0 Å². The van der Waals surface area contributed by atoms with Crippen LogP contribution in [0.2, 0.25) is 5.15 Å². The number of piperazine rings is 1. The van der Waals surface area contributed by atoms with Crippen molar-refractivity contribution >= 4 is 11.6 Å². The van der Waals surface area contributed by atoms with Gasteiger partial charge in [-0.25, -0.2) is 0 Å². The van der Waals surface area contributed by atoms with E-state index in [1.807, 2.05) is 7.05 Å². The van der Waals surface area contributed by atoms with Crippen molar-refractivity contribution in [1.29, 1.82) is 0 Å². The predicted octanol–water partition coefficient (Wildman–Crippen LogP) is 2.34. The van der Waals surface area contributed by atoms with E-state index in [1.165, 1.54) is 37.8 Å². The van der Waals surface area contributed by atoms with Crippen LogP contribution >= 0.6 is 11.6 Å². The Morgan fingerprint density at radius 1 is 1.24 bits per heavy atom. The predicted molar refractivity (Wildman–Crippen MR) is 84.4 cm³/mol. The Hall–Kier alpha value is -0.580. The van der Waals surface area contributed by atoms with E-state index >= 15 is 0 Å². The molecule has 0 spiro atoms. The second-order valence-electron chi connectivity index (χ2n) is 7.16. The molecular formula is C16H25ClN4. The average Bonchev–Trinajstić information content (AvgIpc) is 3.36.